The molecule has 0 spiro atoms. The van der Waals surface area contributed by atoms with Gasteiger partial charge in [0.1, 0.15) is 6.54 Å². The van der Waals surface area contributed by atoms with E-state index in [9.17, 15) is 13.2 Å². The summed E-state index contributed by atoms with van der Waals surface area (Å²) in [7, 11) is -3.78. The second-order valence-electron chi connectivity index (χ2n) is 5.61. The summed E-state index contributed by atoms with van der Waals surface area (Å²) in [5.41, 5.74) is 1.86. The lowest BCUT2D eigenvalue weighted by Gasteiger charge is -2.02. The molecule has 2 heterocycles. The number of hydrogen-bond acceptors (Lipinski definition) is 3. The van der Waals surface area contributed by atoms with Gasteiger partial charge in [0.15, 0.2) is 0 Å². The topological polar surface area (TPSA) is 88.7 Å². The third kappa shape index (κ3) is 2.43. The van der Waals surface area contributed by atoms with Crippen LogP contribution in [0.4, 0.5) is 0 Å². The average molecular weight is 375 g/mol. The van der Waals surface area contributed by atoms with Crippen LogP contribution in [0.25, 0.3) is 10.9 Å². The quantitative estimate of drug-likeness (QED) is 0.763. The molecular formula is C17H11ClN2O4S. The zero-order chi connectivity index (χ0) is 17.8. The van der Waals surface area contributed by atoms with E-state index in [4.69, 9.17) is 16.7 Å². The van der Waals surface area contributed by atoms with E-state index in [-0.39, 0.29) is 17.2 Å². The molecule has 0 radical (unpaired) electrons. The summed E-state index contributed by atoms with van der Waals surface area (Å²) < 4.78 is 30.1. The van der Waals surface area contributed by atoms with E-state index in [1.165, 1.54) is 10.6 Å². The number of nitrogens with zero attached hydrogens (tertiary/aromatic N) is 2. The number of benzene rings is 2. The van der Waals surface area contributed by atoms with Gasteiger partial charge in [-0.1, -0.05) is 35.9 Å². The van der Waals surface area contributed by atoms with Crippen molar-refractivity contribution in [1.82, 2.24) is 4.57 Å². The molecule has 1 aliphatic rings. The fourth-order valence-corrected chi connectivity index (χ4v) is 4.56. The molecule has 1 aliphatic heterocycles. The maximum Gasteiger partial charge on any atom is 0.323 e. The van der Waals surface area contributed by atoms with Crippen LogP contribution in [0.15, 0.2) is 58.0 Å². The number of carboxylic acid groups (broad SMARTS) is 1. The normalized spacial score (nSPS) is 15.2. The molecule has 0 aliphatic carbocycles. The molecule has 0 fully saturated rings. The minimum atomic E-state index is -3.78. The SMILES string of the molecule is O=C(O)Cn1cc(C2=NS(=O)(=O)c3ccccc32)c2c(Cl)cccc21. The van der Waals surface area contributed by atoms with Crippen molar-refractivity contribution >= 4 is 44.2 Å². The highest BCUT2D eigenvalue weighted by Crippen LogP contribution is 2.35. The molecule has 0 amide bonds. The van der Waals surface area contributed by atoms with Crippen LogP contribution >= 0.6 is 11.6 Å². The molecule has 0 saturated heterocycles. The first kappa shape index (κ1) is 15.9. The predicted molar refractivity (Wildman–Crippen MR) is 93.9 cm³/mol. The Hall–Kier alpha value is -2.64. The van der Waals surface area contributed by atoms with Crippen molar-refractivity contribution < 1.29 is 18.3 Å². The lowest BCUT2D eigenvalue weighted by atomic mass is 10.0. The maximum absolute atomic E-state index is 12.3. The van der Waals surface area contributed by atoms with E-state index in [1.54, 1.807) is 42.6 Å². The summed E-state index contributed by atoms with van der Waals surface area (Å²) in [5.74, 6) is -1.01. The molecule has 6 nitrogen and oxygen atoms in total. The second kappa shape index (κ2) is 5.44. The standard InChI is InChI=1S/C17H11ClN2O4S/c18-12-5-3-6-13-16(12)11(8-20(13)9-15(21)22)17-10-4-1-2-7-14(10)25(23,24)19-17/h1-8H,9H2,(H,21,22). The van der Waals surface area contributed by atoms with Crippen LogP contribution in [0.3, 0.4) is 0 Å². The second-order valence-corrected chi connectivity index (χ2v) is 7.59. The number of hydrogen-bond donors (Lipinski definition) is 1. The molecule has 2 aromatic carbocycles. The fraction of sp³-hybridized carbons (Fsp3) is 0.0588. The van der Waals surface area contributed by atoms with Crippen LogP contribution in [-0.4, -0.2) is 29.8 Å². The van der Waals surface area contributed by atoms with Gasteiger partial charge in [-0.15, -0.1) is 0 Å². The van der Waals surface area contributed by atoms with Crippen LogP contribution in [-0.2, 0) is 21.4 Å². The van der Waals surface area contributed by atoms with Gasteiger partial charge >= 0.3 is 5.97 Å². The molecule has 25 heavy (non-hydrogen) atoms. The summed E-state index contributed by atoms with van der Waals surface area (Å²) in [6.07, 6.45) is 1.58. The Morgan fingerprint density at radius 1 is 1.12 bits per heavy atom. The Labute approximate surface area is 148 Å². The zero-order valence-corrected chi connectivity index (χ0v) is 14.3. The summed E-state index contributed by atoms with van der Waals surface area (Å²) >= 11 is 6.32. The van der Waals surface area contributed by atoms with Crippen molar-refractivity contribution in [3.05, 3.63) is 64.8 Å². The van der Waals surface area contributed by atoms with Crippen LogP contribution in [0.2, 0.25) is 5.02 Å². The highest BCUT2D eigenvalue weighted by Gasteiger charge is 2.31. The number of aliphatic carboxylic acids is 1. The fourth-order valence-electron chi connectivity index (χ4n) is 3.06. The van der Waals surface area contributed by atoms with Crippen molar-refractivity contribution in [2.24, 2.45) is 4.40 Å². The Bertz CT molecular complexity index is 1180. The molecule has 0 bridgehead atoms. The van der Waals surface area contributed by atoms with Crippen LogP contribution in [0, 0.1) is 0 Å². The van der Waals surface area contributed by atoms with Gasteiger partial charge in [0.05, 0.1) is 21.1 Å². The molecule has 8 heteroatoms. The van der Waals surface area contributed by atoms with Crippen molar-refractivity contribution in [1.29, 1.82) is 0 Å². The number of carbonyl (C=O) groups is 1. The van der Waals surface area contributed by atoms with E-state index in [2.05, 4.69) is 4.40 Å². The van der Waals surface area contributed by atoms with E-state index < -0.39 is 16.0 Å². The monoisotopic (exact) mass is 374 g/mol. The van der Waals surface area contributed by atoms with Gasteiger partial charge in [-0.2, -0.15) is 12.8 Å². The van der Waals surface area contributed by atoms with Gasteiger partial charge in [0, 0.05) is 22.7 Å². The molecule has 3 aromatic rings. The summed E-state index contributed by atoms with van der Waals surface area (Å²) in [6, 6.07) is 11.7. The van der Waals surface area contributed by atoms with Gasteiger partial charge in [-0.25, -0.2) is 0 Å². The third-order valence-electron chi connectivity index (χ3n) is 4.05. The van der Waals surface area contributed by atoms with Crippen molar-refractivity contribution in [3.8, 4) is 0 Å². The summed E-state index contributed by atoms with van der Waals surface area (Å²) in [5, 5.41) is 10.1. The van der Waals surface area contributed by atoms with Gasteiger partial charge in [-0.05, 0) is 18.2 Å². The van der Waals surface area contributed by atoms with E-state index >= 15 is 0 Å². The molecule has 0 atom stereocenters. The molecule has 126 valence electrons. The number of sulfonamides is 1. The minimum absolute atomic E-state index is 0.135. The molecular weight excluding hydrogens is 364 g/mol. The van der Waals surface area contributed by atoms with Gasteiger partial charge in [0.25, 0.3) is 10.0 Å². The highest BCUT2D eigenvalue weighted by atomic mass is 35.5. The first-order valence-corrected chi connectivity index (χ1v) is 9.14. The first-order chi connectivity index (χ1) is 11.9. The molecule has 0 unspecified atom stereocenters. The Morgan fingerprint density at radius 2 is 1.88 bits per heavy atom. The predicted octanol–water partition coefficient (Wildman–Crippen LogP) is 2.92. The number of carboxylic acids is 1. The Balaban J connectivity index is 2.05. The van der Waals surface area contributed by atoms with Crippen molar-refractivity contribution in [2.75, 3.05) is 0 Å². The summed E-state index contributed by atoms with van der Waals surface area (Å²) in [6.45, 7) is -0.265. The van der Waals surface area contributed by atoms with Crippen LogP contribution in [0.5, 0.6) is 0 Å². The van der Waals surface area contributed by atoms with Gasteiger partial charge in [0.2, 0.25) is 0 Å². The third-order valence-corrected chi connectivity index (χ3v) is 5.70. The Kier molecular flexibility index (Phi) is 3.45. The minimum Gasteiger partial charge on any atom is -0.480 e. The highest BCUT2D eigenvalue weighted by molar-refractivity contribution is 7.90. The zero-order valence-electron chi connectivity index (χ0n) is 12.7. The smallest absolute Gasteiger partial charge is 0.323 e. The van der Waals surface area contributed by atoms with Crippen molar-refractivity contribution in [2.45, 2.75) is 11.4 Å². The van der Waals surface area contributed by atoms with Crippen molar-refractivity contribution in [3.63, 3.8) is 0 Å². The van der Waals surface area contributed by atoms with E-state index in [0.29, 0.717) is 27.1 Å². The van der Waals surface area contributed by atoms with Gasteiger partial charge < -0.3 is 9.67 Å². The largest absolute Gasteiger partial charge is 0.480 e. The van der Waals surface area contributed by atoms with E-state index in [0.717, 1.165) is 0 Å². The average Bonchev–Trinajstić information content (AvgIpc) is 3.04. The lowest BCUT2D eigenvalue weighted by molar-refractivity contribution is -0.137. The first-order valence-electron chi connectivity index (χ1n) is 7.32. The molecule has 1 aromatic heterocycles. The maximum atomic E-state index is 12.3. The van der Waals surface area contributed by atoms with Crippen LogP contribution < -0.4 is 0 Å². The number of fused-ring (bicyclic) bond motifs is 2. The number of aromatic nitrogens is 1. The number of rotatable bonds is 3. The Morgan fingerprint density at radius 3 is 2.64 bits per heavy atom. The number of halogens is 1. The van der Waals surface area contributed by atoms with Gasteiger partial charge in [-0.3, -0.25) is 4.79 Å². The van der Waals surface area contributed by atoms with Crippen LogP contribution in [0.1, 0.15) is 11.1 Å². The summed E-state index contributed by atoms with van der Waals surface area (Å²) in [4.78, 5) is 11.3. The van der Waals surface area contributed by atoms with E-state index in [1.807, 2.05) is 0 Å². The molecule has 1 N–H and O–H groups in total. The lowest BCUT2D eigenvalue weighted by Crippen LogP contribution is -2.07. The molecule has 4 rings (SSSR count). The molecule has 0 saturated carbocycles.